The van der Waals surface area contributed by atoms with E-state index in [-0.39, 0.29) is 34.9 Å². The number of hydrogen-bond acceptors (Lipinski definition) is 4. The minimum atomic E-state index is -0.723. The Morgan fingerprint density at radius 3 is 2.68 bits per heavy atom. The Morgan fingerprint density at radius 1 is 1.26 bits per heavy atom. The van der Waals surface area contributed by atoms with E-state index in [0.717, 1.165) is 30.2 Å². The number of carbonyl (C=O) groups is 3. The van der Waals surface area contributed by atoms with Crippen LogP contribution in [0.4, 0.5) is 0 Å². The smallest absolute Gasteiger partial charge is 0.268 e. The summed E-state index contributed by atoms with van der Waals surface area (Å²) in [5, 5.41) is 8.25. The maximum atomic E-state index is 13.3. The third kappa shape index (κ3) is 7.21. The highest BCUT2D eigenvalue weighted by Gasteiger charge is 2.30. The fourth-order valence-electron chi connectivity index (χ4n) is 4.26. The van der Waals surface area contributed by atoms with Crippen molar-refractivity contribution in [2.45, 2.75) is 57.9 Å². The van der Waals surface area contributed by atoms with E-state index in [1.54, 1.807) is 11.1 Å². The molecule has 3 amide bonds. The van der Waals surface area contributed by atoms with E-state index in [1.165, 1.54) is 0 Å². The van der Waals surface area contributed by atoms with E-state index < -0.39 is 6.04 Å². The molecule has 34 heavy (non-hydrogen) atoms. The molecule has 1 saturated heterocycles. The van der Waals surface area contributed by atoms with E-state index in [2.05, 4.69) is 28.0 Å². The molecule has 1 aliphatic heterocycles. The van der Waals surface area contributed by atoms with E-state index >= 15 is 0 Å². The standard InChI is InChI=1S/C25H36ClN5O3/c1-4-7-19(26)15-31(14-18-10-11-27-23(18)32)30-25(34)21(12-16(2)3)29-24(33)22-13-17-8-5-6-9-20(17)28-22/h5-6,8-9,13,16,18-19,21,28H,4,7,10-12,14-15H2,1-3H3,(H,27,32)(H,29,33)(H,30,34)/t18-,19?,21+/m1/s1. The van der Waals surface area contributed by atoms with Gasteiger partial charge >= 0.3 is 0 Å². The zero-order valence-corrected chi connectivity index (χ0v) is 21.0. The van der Waals surface area contributed by atoms with Gasteiger partial charge in [0.1, 0.15) is 11.7 Å². The molecule has 1 aromatic heterocycles. The van der Waals surface area contributed by atoms with Crippen molar-refractivity contribution in [3.05, 3.63) is 36.0 Å². The van der Waals surface area contributed by atoms with Crippen molar-refractivity contribution in [2.75, 3.05) is 19.6 Å². The predicted molar refractivity (Wildman–Crippen MR) is 134 cm³/mol. The first-order chi connectivity index (χ1) is 16.3. The molecule has 0 aliphatic carbocycles. The quantitative estimate of drug-likeness (QED) is 0.271. The molecule has 2 heterocycles. The van der Waals surface area contributed by atoms with E-state index in [9.17, 15) is 14.4 Å². The van der Waals surface area contributed by atoms with Gasteiger partial charge < -0.3 is 15.6 Å². The summed E-state index contributed by atoms with van der Waals surface area (Å²) in [5.74, 6) is -0.660. The molecule has 186 valence electrons. The largest absolute Gasteiger partial charge is 0.356 e. The number of fused-ring (bicyclic) bond motifs is 1. The van der Waals surface area contributed by atoms with Gasteiger partial charge in [-0.15, -0.1) is 11.6 Å². The highest BCUT2D eigenvalue weighted by molar-refractivity contribution is 6.20. The van der Waals surface area contributed by atoms with E-state index in [4.69, 9.17) is 11.6 Å². The molecule has 2 aromatic rings. The summed E-state index contributed by atoms with van der Waals surface area (Å²) in [6.45, 7) is 7.52. The highest BCUT2D eigenvalue weighted by Crippen LogP contribution is 2.16. The molecule has 1 unspecified atom stereocenters. The predicted octanol–water partition coefficient (Wildman–Crippen LogP) is 3.19. The number of para-hydroxylation sites is 1. The lowest BCUT2D eigenvalue weighted by Crippen LogP contribution is -2.55. The monoisotopic (exact) mass is 489 g/mol. The van der Waals surface area contributed by atoms with Gasteiger partial charge in [0, 0.05) is 35.9 Å². The summed E-state index contributed by atoms with van der Waals surface area (Å²) in [6, 6.07) is 8.70. The number of aromatic nitrogens is 1. The van der Waals surface area contributed by atoms with Gasteiger partial charge in [0.2, 0.25) is 5.91 Å². The fourth-order valence-corrected chi connectivity index (χ4v) is 4.65. The molecule has 1 aliphatic rings. The fraction of sp³-hybridized carbons (Fsp3) is 0.560. The molecule has 3 atom stereocenters. The van der Waals surface area contributed by atoms with Crippen LogP contribution in [0, 0.1) is 11.8 Å². The van der Waals surface area contributed by atoms with Crippen molar-refractivity contribution in [2.24, 2.45) is 11.8 Å². The van der Waals surface area contributed by atoms with Crippen LogP contribution in [-0.2, 0) is 9.59 Å². The number of hydrogen-bond donors (Lipinski definition) is 4. The second kappa shape index (κ2) is 12.2. The third-order valence-corrected chi connectivity index (χ3v) is 6.35. The van der Waals surface area contributed by atoms with E-state index in [1.807, 2.05) is 38.1 Å². The average molecular weight is 490 g/mol. The van der Waals surface area contributed by atoms with Crippen LogP contribution in [0.3, 0.4) is 0 Å². The van der Waals surface area contributed by atoms with Gasteiger partial charge in [0.05, 0.1) is 5.92 Å². The molecule has 8 nitrogen and oxygen atoms in total. The maximum absolute atomic E-state index is 13.3. The molecule has 1 aromatic carbocycles. The highest BCUT2D eigenvalue weighted by atomic mass is 35.5. The van der Waals surface area contributed by atoms with Crippen molar-refractivity contribution >= 4 is 40.2 Å². The normalized spacial score (nSPS) is 17.7. The van der Waals surface area contributed by atoms with Crippen LogP contribution in [0.5, 0.6) is 0 Å². The topological polar surface area (TPSA) is 106 Å². The number of nitrogens with one attached hydrogen (secondary N) is 4. The zero-order valence-electron chi connectivity index (χ0n) is 20.2. The number of rotatable bonds is 12. The number of H-pyrrole nitrogens is 1. The number of benzene rings is 1. The molecule has 4 N–H and O–H groups in total. The Morgan fingerprint density at radius 2 is 2.03 bits per heavy atom. The van der Waals surface area contributed by atoms with Crippen LogP contribution in [-0.4, -0.2) is 58.8 Å². The number of aromatic amines is 1. The molecular formula is C25H36ClN5O3. The summed E-state index contributed by atoms with van der Waals surface area (Å²) in [5.41, 5.74) is 4.22. The van der Waals surface area contributed by atoms with Crippen molar-refractivity contribution < 1.29 is 14.4 Å². The first kappa shape index (κ1) is 26.0. The van der Waals surface area contributed by atoms with Gasteiger partial charge in [-0.2, -0.15) is 0 Å². The molecule has 0 bridgehead atoms. The van der Waals surface area contributed by atoms with Crippen LogP contribution in [0.1, 0.15) is 56.9 Å². The second-order valence-electron chi connectivity index (χ2n) is 9.47. The SMILES string of the molecule is CCCC(Cl)CN(C[C@H]1CCNC1=O)NC(=O)[C@H](CC(C)C)NC(=O)c1cc2ccccc2[nH]1. The Bertz CT molecular complexity index is 959. The number of halogens is 1. The number of hydrazine groups is 1. The summed E-state index contributed by atoms with van der Waals surface area (Å²) >= 11 is 6.48. The first-order valence-electron chi connectivity index (χ1n) is 12.1. The van der Waals surface area contributed by atoms with Crippen molar-refractivity contribution in [3.8, 4) is 0 Å². The van der Waals surface area contributed by atoms with Gasteiger partial charge in [-0.05, 0) is 37.3 Å². The van der Waals surface area contributed by atoms with Gasteiger partial charge in [-0.3, -0.25) is 19.8 Å². The lowest BCUT2D eigenvalue weighted by Gasteiger charge is -2.29. The lowest BCUT2D eigenvalue weighted by molar-refractivity contribution is -0.130. The van der Waals surface area contributed by atoms with Crippen LogP contribution in [0.25, 0.3) is 10.9 Å². The number of amides is 3. The Hall–Kier alpha value is -2.58. The summed E-state index contributed by atoms with van der Waals surface area (Å²) < 4.78 is 0. The maximum Gasteiger partial charge on any atom is 0.268 e. The lowest BCUT2D eigenvalue weighted by atomic mass is 10.0. The Kier molecular flexibility index (Phi) is 9.36. The minimum Gasteiger partial charge on any atom is -0.356 e. The Labute approximate surface area is 206 Å². The van der Waals surface area contributed by atoms with Gasteiger partial charge in [0.15, 0.2) is 0 Å². The van der Waals surface area contributed by atoms with Gasteiger partial charge in [-0.1, -0.05) is 45.4 Å². The van der Waals surface area contributed by atoms with Crippen LogP contribution in [0.15, 0.2) is 30.3 Å². The van der Waals surface area contributed by atoms with Crippen LogP contribution < -0.4 is 16.1 Å². The van der Waals surface area contributed by atoms with Crippen LogP contribution >= 0.6 is 11.6 Å². The van der Waals surface area contributed by atoms with Crippen molar-refractivity contribution in [1.82, 2.24) is 26.1 Å². The summed E-state index contributed by atoms with van der Waals surface area (Å²) in [4.78, 5) is 41.5. The number of alkyl halides is 1. The average Bonchev–Trinajstić information content (AvgIpc) is 3.39. The molecule has 0 saturated carbocycles. The molecule has 3 rings (SSSR count). The van der Waals surface area contributed by atoms with Gasteiger partial charge in [0.25, 0.3) is 11.8 Å². The molecule has 0 radical (unpaired) electrons. The first-order valence-corrected chi connectivity index (χ1v) is 12.6. The third-order valence-electron chi connectivity index (χ3n) is 6.00. The minimum absolute atomic E-state index is 0.00768. The summed E-state index contributed by atoms with van der Waals surface area (Å²) in [7, 11) is 0. The van der Waals surface area contributed by atoms with Crippen molar-refractivity contribution in [1.29, 1.82) is 0 Å². The second-order valence-corrected chi connectivity index (χ2v) is 10.1. The van der Waals surface area contributed by atoms with E-state index in [0.29, 0.717) is 31.7 Å². The molecule has 9 heteroatoms. The molecular weight excluding hydrogens is 454 g/mol. The van der Waals surface area contributed by atoms with Gasteiger partial charge in [-0.25, -0.2) is 5.01 Å². The Balaban J connectivity index is 1.71. The number of carbonyl (C=O) groups excluding carboxylic acids is 3. The molecule has 1 fully saturated rings. The number of nitrogens with zero attached hydrogens (tertiary/aromatic N) is 1. The van der Waals surface area contributed by atoms with Crippen molar-refractivity contribution in [3.63, 3.8) is 0 Å². The zero-order chi connectivity index (χ0) is 24.7. The van der Waals surface area contributed by atoms with Crippen LogP contribution in [0.2, 0.25) is 0 Å². The summed E-state index contributed by atoms with van der Waals surface area (Å²) in [6.07, 6.45) is 2.93. The molecule has 0 spiro atoms.